The zero-order valence-electron chi connectivity index (χ0n) is 12.7. The number of amides is 1. The number of ketones is 1. The van der Waals surface area contributed by atoms with Gasteiger partial charge in [-0.2, -0.15) is 0 Å². The first kappa shape index (κ1) is 15.8. The van der Waals surface area contributed by atoms with E-state index in [9.17, 15) is 14.7 Å². The highest BCUT2D eigenvalue weighted by Gasteiger charge is 2.11. The molecule has 0 radical (unpaired) electrons. The molecule has 0 saturated heterocycles. The number of carbonyl (C=O) groups excluding carboxylic acids is 2. The summed E-state index contributed by atoms with van der Waals surface area (Å²) in [6.07, 6.45) is 0.224. The molecule has 0 aromatic heterocycles. The lowest BCUT2D eigenvalue weighted by atomic mass is 10.0. The summed E-state index contributed by atoms with van der Waals surface area (Å²) in [7, 11) is 0. The van der Waals surface area contributed by atoms with Gasteiger partial charge in [0.15, 0.2) is 5.78 Å². The second kappa shape index (κ2) is 6.89. The Bertz CT molecular complexity index is 690. The third kappa shape index (κ3) is 4.19. The van der Waals surface area contributed by atoms with Crippen LogP contribution in [0.15, 0.2) is 42.5 Å². The van der Waals surface area contributed by atoms with Crippen molar-refractivity contribution in [3.63, 3.8) is 0 Å². The van der Waals surface area contributed by atoms with Crippen molar-refractivity contribution in [3.05, 3.63) is 59.2 Å². The van der Waals surface area contributed by atoms with Gasteiger partial charge in [0.25, 0.3) is 0 Å². The number of phenolic OH excluding ortho intramolecular Hbond substituents is 1. The molecular formula is C18H19NO3. The fourth-order valence-corrected chi connectivity index (χ4v) is 2.07. The van der Waals surface area contributed by atoms with Crippen LogP contribution in [0.5, 0.6) is 5.75 Å². The topological polar surface area (TPSA) is 66.4 Å². The molecule has 4 heteroatoms. The van der Waals surface area contributed by atoms with Gasteiger partial charge >= 0.3 is 0 Å². The quantitative estimate of drug-likeness (QED) is 0.654. The zero-order valence-corrected chi connectivity index (χ0v) is 12.7. The van der Waals surface area contributed by atoms with E-state index in [4.69, 9.17) is 0 Å². The first-order valence-corrected chi connectivity index (χ1v) is 7.15. The van der Waals surface area contributed by atoms with E-state index in [-0.39, 0.29) is 30.3 Å². The van der Waals surface area contributed by atoms with Crippen LogP contribution in [-0.2, 0) is 4.79 Å². The van der Waals surface area contributed by atoms with E-state index >= 15 is 0 Å². The SMILES string of the molecule is Cc1ccc(C(=O)CCC(=O)Nc2ccc(C)cc2O)cc1. The van der Waals surface area contributed by atoms with Crippen LogP contribution < -0.4 is 5.32 Å². The first-order valence-electron chi connectivity index (χ1n) is 7.15. The van der Waals surface area contributed by atoms with Crippen molar-refractivity contribution in [2.75, 3.05) is 5.32 Å². The van der Waals surface area contributed by atoms with E-state index < -0.39 is 0 Å². The van der Waals surface area contributed by atoms with E-state index in [1.807, 2.05) is 26.0 Å². The molecule has 0 spiro atoms. The number of carbonyl (C=O) groups is 2. The molecule has 0 atom stereocenters. The average Bonchev–Trinajstić information content (AvgIpc) is 2.48. The van der Waals surface area contributed by atoms with Gasteiger partial charge in [0.1, 0.15) is 5.75 Å². The Hall–Kier alpha value is -2.62. The molecular weight excluding hydrogens is 278 g/mol. The zero-order chi connectivity index (χ0) is 16.1. The Morgan fingerprint density at radius 3 is 2.23 bits per heavy atom. The van der Waals surface area contributed by atoms with Crippen LogP contribution in [-0.4, -0.2) is 16.8 Å². The summed E-state index contributed by atoms with van der Waals surface area (Å²) in [4.78, 5) is 23.9. The van der Waals surface area contributed by atoms with Gasteiger partial charge in [-0.3, -0.25) is 9.59 Å². The Kier molecular flexibility index (Phi) is 4.94. The van der Waals surface area contributed by atoms with Crippen molar-refractivity contribution >= 4 is 17.4 Å². The summed E-state index contributed by atoms with van der Waals surface area (Å²) in [5, 5.41) is 12.4. The third-order valence-electron chi connectivity index (χ3n) is 3.38. The van der Waals surface area contributed by atoms with Crippen molar-refractivity contribution in [1.29, 1.82) is 0 Å². The maximum absolute atomic E-state index is 12.0. The standard InChI is InChI=1S/C18H19NO3/c1-12-3-6-14(7-4-12)16(20)9-10-18(22)19-15-8-5-13(2)11-17(15)21/h3-8,11,21H,9-10H2,1-2H3,(H,19,22). The Balaban J connectivity index is 1.89. The number of hydrogen-bond donors (Lipinski definition) is 2. The van der Waals surface area contributed by atoms with E-state index in [1.54, 1.807) is 30.3 Å². The van der Waals surface area contributed by atoms with E-state index in [0.717, 1.165) is 11.1 Å². The smallest absolute Gasteiger partial charge is 0.224 e. The molecule has 0 aliphatic carbocycles. The fraction of sp³-hybridized carbons (Fsp3) is 0.222. The summed E-state index contributed by atoms with van der Waals surface area (Å²) in [6, 6.07) is 12.3. The molecule has 114 valence electrons. The third-order valence-corrected chi connectivity index (χ3v) is 3.38. The van der Waals surface area contributed by atoms with Crippen LogP contribution >= 0.6 is 0 Å². The number of nitrogens with one attached hydrogen (secondary N) is 1. The van der Waals surface area contributed by atoms with Crippen LogP contribution in [0.3, 0.4) is 0 Å². The van der Waals surface area contributed by atoms with Crippen molar-refractivity contribution < 1.29 is 14.7 Å². The summed E-state index contributed by atoms with van der Waals surface area (Å²) in [6.45, 7) is 3.81. The summed E-state index contributed by atoms with van der Waals surface area (Å²) >= 11 is 0. The van der Waals surface area contributed by atoms with Gasteiger partial charge in [0, 0.05) is 18.4 Å². The van der Waals surface area contributed by atoms with Crippen LogP contribution in [0.1, 0.15) is 34.3 Å². The van der Waals surface area contributed by atoms with Gasteiger partial charge in [-0.1, -0.05) is 35.9 Å². The highest BCUT2D eigenvalue weighted by atomic mass is 16.3. The number of aryl methyl sites for hydroxylation is 2. The lowest BCUT2D eigenvalue weighted by molar-refractivity contribution is -0.116. The molecule has 2 aromatic rings. The lowest BCUT2D eigenvalue weighted by Crippen LogP contribution is -2.13. The number of hydrogen-bond acceptors (Lipinski definition) is 3. The van der Waals surface area contributed by atoms with Gasteiger partial charge in [-0.05, 0) is 31.5 Å². The summed E-state index contributed by atoms with van der Waals surface area (Å²) < 4.78 is 0. The van der Waals surface area contributed by atoms with Gasteiger partial charge in [0.2, 0.25) is 5.91 Å². The van der Waals surface area contributed by atoms with Gasteiger partial charge < -0.3 is 10.4 Å². The molecule has 1 amide bonds. The molecule has 2 rings (SSSR count). The fourth-order valence-electron chi connectivity index (χ4n) is 2.07. The van der Waals surface area contributed by atoms with Crippen molar-refractivity contribution in [1.82, 2.24) is 0 Å². The maximum atomic E-state index is 12.0. The average molecular weight is 297 g/mol. The van der Waals surface area contributed by atoms with Crippen molar-refractivity contribution in [3.8, 4) is 5.75 Å². The number of benzene rings is 2. The molecule has 2 N–H and O–H groups in total. The van der Waals surface area contributed by atoms with Gasteiger partial charge in [0.05, 0.1) is 5.69 Å². The summed E-state index contributed by atoms with van der Waals surface area (Å²) in [5.41, 5.74) is 2.96. The highest BCUT2D eigenvalue weighted by molar-refractivity contribution is 6.00. The van der Waals surface area contributed by atoms with E-state index in [2.05, 4.69) is 5.32 Å². The largest absolute Gasteiger partial charge is 0.506 e. The minimum Gasteiger partial charge on any atom is -0.506 e. The minimum absolute atomic E-state index is 0.0261. The predicted molar refractivity (Wildman–Crippen MR) is 86.2 cm³/mol. The van der Waals surface area contributed by atoms with Crippen LogP contribution in [0.4, 0.5) is 5.69 Å². The highest BCUT2D eigenvalue weighted by Crippen LogP contribution is 2.24. The monoisotopic (exact) mass is 297 g/mol. The molecule has 0 aliphatic rings. The number of anilines is 1. The van der Waals surface area contributed by atoms with E-state index in [0.29, 0.717) is 11.3 Å². The molecule has 2 aromatic carbocycles. The van der Waals surface area contributed by atoms with Crippen molar-refractivity contribution in [2.45, 2.75) is 26.7 Å². The predicted octanol–water partition coefficient (Wildman–Crippen LogP) is 3.61. The van der Waals surface area contributed by atoms with E-state index in [1.165, 1.54) is 0 Å². The second-order valence-electron chi connectivity index (χ2n) is 5.36. The van der Waals surface area contributed by atoms with Gasteiger partial charge in [-0.25, -0.2) is 0 Å². The molecule has 22 heavy (non-hydrogen) atoms. The lowest BCUT2D eigenvalue weighted by Gasteiger charge is -2.08. The molecule has 0 bridgehead atoms. The Morgan fingerprint density at radius 1 is 0.955 bits per heavy atom. The molecule has 0 heterocycles. The normalized spacial score (nSPS) is 10.3. The molecule has 0 unspecified atom stereocenters. The number of rotatable bonds is 5. The molecule has 0 saturated carbocycles. The number of phenols is 1. The Labute approximate surface area is 129 Å². The minimum atomic E-state index is -0.292. The Morgan fingerprint density at radius 2 is 1.59 bits per heavy atom. The van der Waals surface area contributed by atoms with Crippen LogP contribution in [0, 0.1) is 13.8 Å². The first-order chi connectivity index (χ1) is 10.5. The van der Waals surface area contributed by atoms with Crippen molar-refractivity contribution in [2.24, 2.45) is 0 Å². The van der Waals surface area contributed by atoms with Gasteiger partial charge in [-0.15, -0.1) is 0 Å². The molecule has 4 nitrogen and oxygen atoms in total. The molecule has 0 fully saturated rings. The van der Waals surface area contributed by atoms with Crippen LogP contribution in [0.25, 0.3) is 0 Å². The number of aromatic hydroxyl groups is 1. The van der Waals surface area contributed by atoms with Crippen LogP contribution in [0.2, 0.25) is 0 Å². The molecule has 0 aliphatic heterocycles. The summed E-state index contributed by atoms with van der Waals surface area (Å²) in [5.74, 6) is -0.332. The second-order valence-corrected chi connectivity index (χ2v) is 5.36. The maximum Gasteiger partial charge on any atom is 0.224 e. The number of Topliss-reactive ketones (excluding diaryl/α,β-unsaturated/α-hetero) is 1.